The molecule has 0 saturated carbocycles. The van der Waals surface area contributed by atoms with Gasteiger partial charge in [0, 0.05) is 37.9 Å². The van der Waals surface area contributed by atoms with Crippen LogP contribution in [0.4, 0.5) is 0 Å². The predicted molar refractivity (Wildman–Crippen MR) is 104 cm³/mol. The van der Waals surface area contributed by atoms with Crippen molar-refractivity contribution in [3.05, 3.63) is 59.9 Å². The third-order valence-corrected chi connectivity index (χ3v) is 6.77. The SMILES string of the molecule is Cc1cccc(CCNC(=O)C2CCN(S(=O)(=O)c3cccnc3)CC2)c1. The van der Waals surface area contributed by atoms with E-state index in [2.05, 4.69) is 35.4 Å². The summed E-state index contributed by atoms with van der Waals surface area (Å²) in [7, 11) is -3.53. The highest BCUT2D eigenvalue weighted by molar-refractivity contribution is 7.89. The number of nitrogens with one attached hydrogen (secondary N) is 1. The van der Waals surface area contributed by atoms with Gasteiger partial charge >= 0.3 is 0 Å². The second-order valence-corrected chi connectivity index (χ2v) is 8.84. The molecule has 1 amide bonds. The van der Waals surface area contributed by atoms with Crippen molar-refractivity contribution in [1.29, 1.82) is 0 Å². The molecule has 7 heteroatoms. The summed E-state index contributed by atoms with van der Waals surface area (Å²) in [5.41, 5.74) is 2.41. The van der Waals surface area contributed by atoms with Crippen LogP contribution in [0.2, 0.25) is 0 Å². The number of pyridine rings is 1. The Morgan fingerprint density at radius 2 is 2.00 bits per heavy atom. The highest BCUT2D eigenvalue weighted by Gasteiger charge is 2.32. The first-order chi connectivity index (χ1) is 13.0. The predicted octanol–water partition coefficient (Wildman–Crippen LogP) is 2.15. The second-order valence-electron chi connectivity index (χ2n) is 6.90. The number of sulfonamides is 1. The number of aromatic nitrogens is 1. The van der Waals surface area contributed by atoms with E-state index in [-0.39, 0.29) is 16.7 Å². The lowest BCUT2D eigenvalue weighted by atomic mass is 9.97. The summed E-state index contributed by atoms with van der Waals surface area (Å²) < 4.78 is 26.7. The van der Waals surface area contributed by atoms with Crippen molar-refractivity contribution in [2.75, 3.05) is 19.6 Å². The maximum atomic E-state index is 12.6. The van der Waals surface area contributed by atoms with E-state index >= 15 is 0 Å². The number of aryl methyl sites for hydroxylation is 1. The Balaban J connectivity index is 1.48. The molecule has 1 saturated heterocycles. The molecule has 1 fully saturated rings. The van der Waals surface area contributed by atoms with Crippen molar-refractivity contribution >= 4 is 15.9 Å². The summed E-state index contributed by atoms with van der Waals surface area (Å²) in [5, 5.41) is 2.99. The number of hydrogen-bond donors (Lipinski definition) is 1. The summed E-state index contributed by atoms with van der Waals surface area (Å²) in [5.74, 6) is -0.121. The molecule has 2 aromatic rings. The minimum atomic E-state index is -3.53. The lowest BCUT2D eigenvalue weighted by molar-refractivity contribution is -0.126. The molecular formula is C20H25N3O3S. The molecule has 27 heavy (non-hydrogen) atoms. The first-order valence-electron chi connectivity index (χ1n) is 9.20. The Labute approximate surface area is 160 Å². The Bertz CT molecular complexity index is 876. The van der Waals surface area contributed by atoms with Gasteiger partial charge in [-0.2, -0.15) is 4.31 Å². The van der Waals surface area contributed by atoms with Crippen molar-refractivity contribution in [1.82, 2.24) is 14.6 Å². The van der Waals surface area contributed by atoms with Gasteiger partial charge in [0.15, 0.2) is 0 Å². The van der Waals surface area contributed by atoms with Gasteiger partial charge in [0.25, 0.3) is 0 Å². The monoisotopic (exact) mass is 387 g/mol. The smallest absolute Gasteiger partial charge is 0.244 e. The van der Waals surface area contributed by atoms with Crippen LogP contribution in [0.25, 0.3) is 0 Å². The molecule has 1 aliphatic heterocycles. The van der Waals surface area contributed by atoms with Gasteiger partial charge in [-0.3, -0.25) is 9.78 Å². The molecule has 1 aromatic heterocycles. The van der Waals surface area contributed by atoms with E-state index < -0.39 is 10.0 Å². The number of rotatable bonds is 6. The molecule has 1 N–H and O–H groups in total. The fourth-order valence-corrected chi connectivity index (χ4v) is 4.78. The molecule has 2 heterocycles. The fourth-order valence-electron chi connectivity index (χ4n) is 3.35. The third-order valence-electron chi connectivity index (χ3n) is 4.89. The summed E-state index contributed by atoms with van der Waals surface area (Å²) in [4.78, 5) is 16.5. The molecule has 1 aromatic carbocycles. The minimum absolute atomic E-state index is 0.0149. The number of hydrogen-bond acceptors (Lipinski definition) is 4. The van der Waals surface area contributed by atoms with Crippen LogP contribution in [0.15, 0.2) is 53.7 Å². The third kappa shape index (κ3) is 4.93. The van der Waals surface area contributed by atoms with Crippen molar-refractivity contribution in [3.63, 3.8) is 0 Å². The van der Waals surface area contributed by atoms with Crippen LogP contribution in [0.5, 0.6) is 0 Å². The number of benzene rings is 1. The normalized spacial score (nSPS) is 16.2. The van der Waals surface area contributed by atoms with Crippen molar-refractivity contribution in [3.8, 4) is 0 Å². The Kier molecular flexibility index (Phi) is 6.23. The van der Waals surface area contributed by atoms with E-state index in [0.717, 1.165) is 6.42 Å². The zero-order valence-electron chi connectivity index (χ0n) is 15.5. The molecule has 0 bridgehead atoms. The molecule has 6 nitrogen and oxygen atoms in total. The maximum absolute atomic E-state index is 12.6. The van der Waals surface area contributed by atoms with Gasteiger partial charge in [0.1, 0.15) is 4.90 Å². The van der Waals surface area contributed by atoms with Crippen LogP contribution >= 0.6 is 0 Å². The van der Waals surface area contributed by atoms with Gasteiger partial charge in [-0.05, 0) is 43.9 Å². The van der Waals surface area contributed by atoms with E-state index in [1.165, 1.54) is 21.6 Å². The Hall–Kier alpha value is -2.25. The lowest BCUT2D eigenvalue weighted by Gasteiger charge is -2.30. The van der Waals surface area contributed by atoms with E-state index in [4.69, 9.17) is 0 Å². The van der Waals surface area contributed by atoms with Gasteiger partial charge in [0.2, 0.25) is 15.9 Å². The van der Waals surface area contributed by atoms with Gasteiger partial charge in [-0.25, -0.2) is 8.42 Å². The topological polar surface area (TPSA) is 79.4 Å². The van der Waals surface area contributed by atoms with E-state index in [1.54, 1.807) is 18.3 Å². The standard InChI is InChI=1S/C20H25N3O3S/c1-16-4-2-5-17(14-16)7-11-22-20(24)18-8-12-23(13-9-18)27(25,26)19-6-3-10-21-15-19/h2-6,10,14-15,18H,7-9,11-13H2,1H3,(H,22,24). The number of amides is 1. The summed E-state index contributed by atoms with van der Waals surface area (Å²) in [6, 6.07) is 11.4. The molecule has 144 valence electrons. The quantitative estimate of drug-likeness (QED) is 0.824. The summed E-state index contributed by atoms with van der Waals surface area (Å²) in [6.07, 6.45) is 4.78. The van der Waals surface area contributed by atoms with E-state index in [9.17, 15) is 13.2 Å². The van der Waals surface area contributed by atoms with Gasteiger partial charge in [0.05, 0.1) is 0 Å². The van der Waals surface area contributed by atoms with Crippen LogP contribution < -0.4 is 5.32 Å². The second kappa shape index (κ2) is 8.63. The van der Waals surface area contributed by atoms with E-state index in [1.807, 2.05) is 6.07 Å². The van der Waals surface area contributed by atoms with Crippen LogP contribution in [-0.2, 0) is 21.2 Å². The first kappa shape index (κ1) is 19.5. The zero-order valence-corrected chi connectivity index (χ0v) is 16.3. The highest BCUT2D eigenvalue weighted by atomic mass is 32.2. The summed E-state index contributed by atoms with van der Waals surface area (Å²) >= 11 is 0. The molecule has 0 unspecified atom stereocenters. The van der Waals surface area contributed by atoms with Gasteiger partial charge in [-0.1, -0.05) is 29.8 Å². The minimum Gasteiger partial charge on any atom is -0.356 e. The Morgan fingerprint density at radius 1 is 1.22 bits per heavy atom. The fraction of sp³-hybridized carbons (Fsp3) is 0.400. The average Bonchev–Trinajstić information content (AvgIpc) is 2.69. The highest BCUT2D eigenvalue weighted by Crippen LogP contribution is 2.23. The number of piperidine rings is 1. The van der Waals surface area contributed by atoms with Crippen LogP contribution in [0.1, 0.15) is 24.0 Å². The van der Waals surface area contributed by atoms with E-state index in [0.29, 0.717) is 32.5 Å². The average molecular weight is 388 g/mol. The van der Waals surface area contributed by atoms with Crippen LogP contribution in [0.3, 0.4) is 0 Å². The van der Waals surface area contributed by atoms with Crippen molar-refractivity contribution < 1.29 is 13.2 Å². The molecule has 0 aliphatic carbocycles. The number of carbonyl (C=O) groups excluding carboxylic acids is 1. The Morgan fingerprint density at radius 3 is 2.67 bits per heavy atom. The number of carbonyl (C=O) groups is 1. The molecule has 0 radical (unpaired) electrons. The molecular weight excluding hydrogens is 362 g/mol. The molecule has 0 spiro atoms. The first-order valence-corrected chi connectivity index (χ1v) is 10.6. The van der Waals surface area contributed by atoms with Crippen molar-refractivity contribution in [2.45, 2.75) is 31.1 Å². The van der Waals surface area contributed by atoms with Crippen LogP contribution in [0, 0.1) is 12.8 Å². The lowest BCUT2D eigenvalue weighted by Crippen LogP contribution is -2.43. The van der Waals surface area contributed by atoms with Crippen molar-refractivity contribution in [2.24, 2.45) is 5.92 Å². The molecule has 3 rings (SSSR count). The van der Waals surface area contributed by atoms with Gasteiger partial charge in [-0.15, -0.1) is 0 Å². The van der Waals surface area contributed by atoms with Crippen LogP contribution in [-0.4, -0.2) is 43.2 Å². The zero-order chi connectivity index (χ0) is 19.3. The molecule has 1 aliphatic rings. The number of nitrogens with zero attached hydrogens (tertiary/aromatic N) is 2. The molecule has 0 atom stereocenters. The summed E-state index contributed by atoms with van der Waals surface area (Å²) in [6.45, 7) is 3.35. The largest absolute Gasteiger partial charge is 0.356 e. The maximum Gasteiger partial charge on any atom is 0.244 e. The van der Waals surface area contributed by atoms with Gasteiger partial charge < -0.3 is 5.32 Å².